The Balaban J connectivity index is 1.82. The van der Waals surface area contributed by atoms with Crippen LogP contribution in [0.15, 0.2) is 42.5 Å². The molecular formula is C18H19ClFN3O2. The Kier molecular flexibility index (Phi) is 6.50. The first kappa shape index (κ1) is 18.9. The van der Waals surface area contributed by atoms with E-state index in [0.717, 1.165) is 5.56 Å². The SMILES string of the molecule is Cc1ccc(NC(=O)CN(C)CC(=O)Nc2ccc(F)cc2)c(Cl)c1. The molecule has 7 heteroatoms. The van der Waals surface area contributed by atoms with Gasteiger partial charge in [-0.2, -0.15) is 0 Å². The van der Waals surface area contributed by atoms with Gasteiger partial charge in [0.05, 0.1) is 23.8 Å². The number of carbonyl (C=O) groups is 2. The molecule has 2 rings (SSSR count). The molecule has 0 saturated heterocycles. The van der Waals surface area contributed by atoms with E-state index < -0.39 is 0 Å². The highest BCUT2D eigenvalue weighted by Gasteiger charge is 2.12. The molecule has 2 N–H and O–H groups in total. The summed E-state index contributed by atoms with van der Waals surface area (Å²) >= 11 is 6.08. The van der Waals surface area contributed by atoms with E-state index in [9.17, 15) is 14.0 Å². The van der Waals surface area contributed by atoms with Crippen molar-refractivity contribution in [2.75, 3.05) is 30.8 Å². The van der Waals surface area contributed by atoms with Gasteiger partial charge in [0.15, 0.2) is 0 Å². The first-order valence-corrected chi connectivity index (χ1v) is 8.01. The molecule has 0 atom stereocenters. The summed E-state index contributed by atoms with van der Waals surface area (Å²) < 4.78 is 12.8. The molecule has 2 aromatic carbocycles. The first-order valence-electron chi connectivity index (χ1n) is 7.63. The number of benzene rings is 2. The highest BCUT2D eigenvalue weighted by molar-refractivity contribution is 6.33. The second-order valence-electron chi connectivity index (χ2n) is 5.76. The number of nitrogens with one attached hydrogen (secondary N) is 2. The van der Waals surface area contributed by atoms with Crippen molar-refractivity contribution in [2.24, 2.45) is 0 Å². The van der Waals surface area contributed by atoms with Gasteiger partial charge in [0, 0.05) is 5.69 Å². The van der Waals surface area contributed by atoms with Crippen LogP contribution in [-0.2, 0) is 9.59 Å². The molecule has 0 aliphatic rings. The van der Waals surface area contributed by atoms with Gasteiger partial charge in [0.2, 0.25) is 11.8 Å². The molecule has 0 aliphatic carbocycles. The largest absolute Gasteiger partial charge is 0.325 e. The molecule has 0 radical (unpaired) electrons. The van der Waals surface area contributed by atoms with Crippen LogP contribution in [0.2, 0.25) is 5.02 Å². The molecule has 5 nitrogen and oxygen atoms in total. The minimum atomic E-state index is -0.374. The van der Waals surface area contributed by atoms with Crippen LogP contribution in [0, 0.1) is 12.7 Å². The average molecular weight is 364 g/mol. The van der Waals surface area contributed by atoms with Crippen molar-refractivity contribution in [3.63, 3.8) is 0 Å². The van der Waals surface area contributed by atoms with Crippen molar-refractivity contribution in [3.05, 3.63) is 58.9 Å². The van der Waals surface area contributed by atoms with E-state index in [1.165, 1.54) is 24.3 Å². The maximum absolute atomic E-state index is 12.8. The molecule has 0 bridgehead atoms. The molecule has 0 aromatic heterocycles. The standard InChI is InChI=1S/C18H19ClFN3O2/c1-12-3-8-16(15(19)9-12)22-18(25)11-23(2)10-17(24)21-14-6-4-13(20)5-7-14/h3-9H,10-11H2,1-2H3,(H,21,24)(H,22,25). The van der Waals surface area contributed by atoms with Crippen molar-refractivity contribution < 1.29 is 14.0 Å². The number of hydrogen-bond acceptors (Lipinski definition) is 3. The van der Waals surface area contributed by atoms with Crippen LogP contribution >= 0.6 is 11.6 Å². The number of hydrogen-bond donors (Lipinski definition) is 2. The van der Waals surface area contributed by atoms with E-state index >= 15 is 0 Å². The summed E-state index contributed by atoms with van der Waals surface area (Å²) in [5.74, 6) is -0.945. The van der Waals surface area contributed by atoms with Gasteiger partial charge >= 0.3 is 0 Å². The lowest BCUT2D eigenvalue weighted by Crippen LogP contribution is -2.36. The molecular weight excluding hydrogens is 345 g/mol. The van der Waals surface area contributed by atoms with Crippen LogP contribution in [0.1, 0.15) is 5.56 Å². The number of rotatable bonds is 6. The third-order valence-electron chi connectivity index (χ3n) is 3.35. The summed E-state index contributed by atoms with van der Waals surface area (Å²) in [6, 6.07) is 10.8. The first-order chi connectivity index (χ1) is 11.8. The maximum Gasteiger partial charge on any atom is 0.238 e. The Hall–Kier alpha value is -2.44. The van der Waals surface area contributed by atoms with Gasteiger partial charge in [0.25, 0.3) is 0 Å². The van der Waals surface area contributed by atoms with Crippen LogP contribution in [0.25, 0.3) is 0 Å². The third kappa shape index (κ3) is 6.17. The molecule has 0 heterocycles. The van der Waals surface area contributed by atoms with E-state index in [1.54, 1.807) is 24.1 Å². The van der Waals surface area contributed by atoms with Gasteiger partial charge in [-0.05, 0) is 55.9 Å². The van der Waals surface area contributed by atoms with Gasteiger partial charge in [0.1, 0.15) is 5.82 Å². The summed E-state index contributed by atoms with van der Waals surface area (Å²) in [6.45, 7) is 1.96. The fraction of sp³-hybridized carbons (Fsp3) is 0.222. The van der Waals surface area contributed by atoms with Crippen LogP contribution in [0.3, 0.4) is 0 Å². The zero-order valence-corrected chi connectivity index (χ0v) is 14.7. The molecule has 25 heavy (non-hydrogen) atoms. The average Bonchev–Trinajstić information content (AvgIpc) is 2.52. The van der Waals surface area contributed by atoms with Gasteiger partial charge < -0.3 is 10.6 Å². The normalized spacial score (nSPS) is 10.6. The lowest BCUT2D eigenvalue weighted by molar-refractivity contribution is -0.119. The summed E-state index contributed by atoms with van der Waals surface area (Å²) in [5.41, 5.74) is 2.02. The minimum Gasteiger partial charge on any atom is -0.325 e. The number of nitrogens with zero attached hydrogens (tertiary/aromatic N) is 1. The topological polar surface area (TPSA) is 61.4 Å². The van der Waals surface area contributed by atoms with Gasteiger partial charge in [-0.3, -0.25) is 14.5 Å². The molecule has 132 valence electrons. The Morgan fingerprint density at radius 3 is 2.24 bits per heavy atom. The molecule has 2 amide bonds. The minimum absolute atomic E-state index is 0.0203. The Morgan fingerprint density at radius 2 is 1.64 bits per heavy atom. The van der Waals surface area contributed by atoms with Gasteiger partial charge in [-0.15, -0.1) is 0 Å². The molecule has 0 spiro atoms. The fourth-order valence-corrected chi connectivity index (χ4v) is 2.47. The van der Waals surface area contributed by atoms with Gasteiger partial charge in [-0.1, -0.05) is 17.7 Å². The van der Waals surface area contributed by atoms with Crippen LogP contribution in [-0.4, -0.2) is 36.9 Å². The predicted molar refractivity (Wildman–Crippen MR) is 97.3 cm³/mol. The quantitative estimate of drug-likeness (QED) is 0.827. The highest BCUT2D eigenvalue weighted by Crippen LogP contribution is 2.22. The van der Waals surface area contributed by atoms with Gasteiger partial charge in [-0.25, -0.2) is 4.39 Å². The number of carbonyl (C=O) groups excluding carboxylic acids is 2. The molecule has 0 unspecified atom stereocenters. The molecule has 0 saturated carbocycles. The van der Waals surface area contributed by atoms with Crippen LogP contribution in [0.5, 0.6) is 0 Å². The summed E-state index contributed by atoms with van der Waals surface area (Å²) in [5, 5.41) is 5.81. The lowest BCUT2D eigenvalue weighted by Gasteiger charge is -2.16. The highest BCUT2D eigenvalue weighted by atomic mass is 35.5. The van der Waals surface area contributed by atoms with E-state index in [-0.39, 0.29) is 30.7 Å². The zero-order valence-electron chi connectivity index (χ0n) is 14.0. The summed E-state index contributed by atoms with van der Waals surface area (Å²) in [4.78, 5) is 25.6. The summed E-state index contributed by atoms with van der Waals surface area (Å²) in [6.07, 6.45) is 0. The van der Waals surface area contributed by atoms with Crippen molar-refractivity contribution in [3.8, 4) is 0 Å². The smallest absolute Gasteiger partial charge is 0.238 e. The van der Waals surface area contributed by atoms with Crippen molar-refractivity contribution in [2.45, 2.75) is 6.92 Å². The fourth-order valence-electron chi connectivity index (χ4n) is 2.19. The van der Waals surface area contributed by atoms with Crippen molar-refractivity contribution >= 4 is 34.8 Å². The van der Waals surface area contributed by atoms with Crippen LogP contribution in [0.4, 0.5) is 15.8 Å². The third-order valence-corrected chi connectivity index (χ3v) is 3.67. The van der Waals surface area contributed by atoms with Crippen LogP contribution < -0.4 is 10.6 Å². The lowest BCUT2D eigenvalue weighted by atomic mass is 10.2. The van der Waals surface area contributed by atoms with Crippen molar-refractivity contribution in [1.82, 2.24) is 4.90 Å². The van der Waals surface area contributed by atoms with E-state index in [1.807, 2.05) is 13.0 Å². The van der Waals surface area contributed by atoms with E-state index in [2.05, 4.69) is 10.6 Å². The monoisotopic (exact) mass is 363 g/mol. The van der Waals surface area contributed by atoms with Crippen molar-refractivity contribution in [1.29, 1.82) is 0 Å². The molecule has 0 aliphatic heterocycles. The van der Waals surface area contributed by atoms with E-state index in [0.29, 0.717) is 16.4 Å². The number of likely N-dealkylation sites (N-methyl/N-ethyl adjacent to an activating group) is 1. The second kappa shape index (κ2) is 8.60. The van der Waals surface area contributed by atoms with E-state index in [4.69, 9.17) is 11.6 Å². The maximum atomic E-state index is 12.8. The molecule has 2 aromatic rings. The second-order valence-corrected chi connectivity index (χ2v) is 6.17. The zero-order chi connectivity index (χ0) is 18.4. The number of aryl methyl sites for hydroxylation is 1. The Bertz CT molecular complexity index is 765. The predicted octanol–water partition coefficient (Wildman–Crippen LogP) is 3.30. The summed E-state index contributed by atoms with van der Waals surface area (Å²) in [7, 11) is 1.65. The molecule has 0 fully saturated rings. The Morgan fingerprint density at radius 1 is 1.04 bits per heavy atom. The Labute approximate surface area is 150 Å². The number of halogens is 2. The number of anilines is 2. The number of amides is 2.